The highest BCUT2D eigenvalue weighted by Gasteiger charge is 2.23. The number of rotatable bonds is 3. The molecule has 0 aliphatic heterocycles. The van der Waals surface area contributed by atoms with Crippen molar-refractivity contribution in [1.29, 1.82) is 0 Å². The largest absolute Gasteiger partial charge is 0.481 e. The maximum atomic E-state index is 12.7. The molecule has 0 aromatic rings. The lowest BCUT2D eigenvalue weighted by atomic mass is 9.97. The van der Waals surface area contributed by atoms with Crippen LogP contribution in [-0.2, 0) is 4.79 Å². The van der Waals surface area contributed by atoms with Gasteiger partial charge in [0, 0.05) is 0 Å². The van der Waals surface area contributed by atoms with Crippen molar-refractivity contribution in [3.63, 3.8) is 0 Å². The number of hydrogen-bond donors (Lipinski definition) is 1. The SMILES string of the molecule is CC(CC(C)(C)F)C(=O)O. The molecule has 0 aliphatic carbocycles. The lowest BCUT2D eigenvalue weighted by molar-refractivity contribution is -0.142. The molecule has 0 spiro atoms. The molecule has 10 heavy (non-hydrogen) atoms. The summed E-state index contributed by atoms with van der Waals surface area (Å²) in [5.41, 5.74) is -1.38. The minimum Gasteiger partial charge on any atom is -0.481 e. The molecule has 60 valence electrons. The lowest BCUT2D eigenvalue weighted by Crippen LogP contribution is -2.21. The molecule has 0 saturated heterocycles. The van der Waals surface area contributed by atoms with Gasteiger partial charge >= 0.3 is 5.97 Å². The van der Waals surface area contributed by atoms with Crippen LogP contribution in [0.3, 0.4) is 0 Å². The molecule has 0 radical (unpaired) electrons. The fourth-order valence-electron chi connectivity index (χ4n) is 0.815. The van der Waals surface area contributed by atoms with Gasteiger partial charge < -0.3 is 5.11 Å². The third kappa shape index (κ3) is 4.30. The molecule has 1 N–H and O–H groups in total. The first-order valence-corrected chi connectivity index (χ1v) is 3.24. The van der Waals surface area contributed by atoms with Crippen molar-refractivity contribution in [3.05, 3.63) is 0 Å². The first kappa shape index (κ1) is 9.40. The van der Waals surface area contributed by atoms with Crippen molar-refractivity contribution in [2.75, 3.05) is 0 Å². The highest BCUT2D eigenvalue weighted by molar-refractivity contribution is 5.69. The normalized spacial score (nSPS) is 14.8. The van der Waals surface area contributed by atoms with Crippen LogP contribution in [0.4, 0.5) is 4.39 Å². The van der Waals surface area contributed by atoms with E-state index < -0.39 is 17.6 Å². The molecule has 1 atom stereocenters. The number of aliphatic carboxylic acids is 1. The summed E-state index contributed by atoms with van der Waals surface area (Å²) in [5, 5.41) is 8.38. The molecule has 0 aromatic heterocycles. The Hall–Kier alpha value is -0.600. The zero-order valence-electron chi connectivity index (χ0n) is 6.52. The standard InChI is InChI=1S/C7H13FO2/c1-5(6(9)10)4-7(2,3)8/h5H,4H2,1-3H3,(H,9,10). The maximum absolute atomic E-state index is 12.7. The fourth-order valence-corrected chi connectivity index (χ4v) is 0.815. The van der Waals surface area contributed by atoms with Crippen LogP contribution in [-0.4, -0.2) is 16.7 Å². The number of alkyl halides is 1. The van der Waals surface area contributed by atoms with Crippen LogP contribution in [0.5, 0.6) is 0 Å². The van der Waals surface area contributed by atoms with Gasteiger partial charge in [0.1, 0.15) is 5.67 Å². The number of carbonyl (C=O) groups is 1. The maximum Gasteiger partial charge on any atom is 0.306 e. The third-order valence-corrected chi connectivity index (χ3v) is 1.21. The van der Waals surface area contributed by atoms with E-state index in [-0.39, 0.29) is 6.42 Å². The number of halogens is 1. The summed E-state index contributed by atoms with van der Waals surface area (Å²) in [4.78, 5) is 10.2. The quantitative estimate of drug-likeness (QED) is 0.663. The molecule has 2 nitrogen and oxygen atoms in total. The first-order valence-electron chi connectivity index (χ1n) is 3.24. The van der Waals surface area contributed by atoms with Gasteiger partial charge in [-0.15, -0.1) is 0 Å². The molecule has 0 heterocycles. The van der Waals surface area contributed by atoms with Crippen LogP contribution in [0.1, 0.15) is 27.2 Å². The molecule has 3 heteroatoms. The van der Waals surface area contributed by atoms with Crippen molar-refractivity contribution in [1.82, 2.24) is 0 Å². The number of carboxylic acid groups (broad SMARTS) is 1. The van der Waals surface area contributed by atoms with Gasteiger partial charge in [-0.1, -0.05) is 6.92 Å². The van der Waals surface area contributed by atoms with Crippen LogP contribution in [0.2, 0.25) is 0 Å². The topological polar surface area (TPSA) is 37.3 Å². The summed E-state index contributed by atoms with van der Waals surface area (Å²) in [6.45, 7) is 4.27. The van der Waals surface area contributed by atoms with Gasteiger partial charge in [0.25, 0.3) is 0 Å². The Morgan fingerprint density at radius 1 is 1.70 bits per heavy atom. The van der Waals surface area contributed by atoms with Crippen LogP contribution in [0, 0.1) is 5.92 Å². The fraction of sp³-hybridized carbons (Fsp3) is 0.857. The van der Waals surface area contributed by atoms with E-state index in [0.717, 1.165) is 0 Å². The van der Waals surface area contributed by atoms with Gasteiger partial charge in [-0.3, -0.25) is 4.79 Å². The second-order valence-corrected chi connectivity index (χ2v) is 3.16. The summed E-state index contributed by atoms with van der Waals surface area (Å²) in [6, 6.07) is 0. The summed E-state index contributed by atoms with van der Waals surface area (Å²) < 4.78 is 12.7. The Morgan fingerprint density at radius 2 is 2.10 bits per heavy atom. The van der Waals surface area contributed by atoms with Crippen molar-refractivity contribution in [2.45, 2.75) is 32.9 Å². The average molecular weight is 148 g/mol. The zero-order valence-corrected chi connectivity index (χ0v) is 6.52. The second-order valence-electron chi connectivity index (χ2n) is 3.16. The van der Waals surface area contributed by atoms with Gasteiger partial charge in [0.15, 0.2) is 0 Å². The molecule has 0 bridgehead atoms. The number of hydrogen-bond acceptors (Lipinski definition) is 1. The van der Waals surface area contributed by atoms with Gasteiger partial charge in [0.2, 0.25) is 0 Å². The summed E-state index contributed by atoms with van der Waals surface area (Å²) in [7, 11) is 0. The minimum absolute atomic E-state index is 0.0718. The highest BCUT2D eigenvalue weighted by Crippen LogP contribution is 2.19. The van der Waals surface area contributed by atoms with Crippen molar-refractivity contribution in [2.24, 2.45) is 5.92 Å². The molecular formula is C7H13FO2. The molecule has 0 fully saturated rings. The van der Waals surface area contributed by atoms with E-state index in [1.54, 1.807) is 0 Å². The molecule has 0 rings (SSSR count). The summed E-state index contributed by atoms with van der Waals surface area (Å²) >= 11 is 0. The van der Waals surface area contributed by atoms with Crippen LogP contribution >= 0.6 is 0 Å². The van der Waals surface area contributed by atoms with Crippen molar-refractivity contribution < 1.29 is 14.3 Å². The monoisotopic (exact) mass is 148 g/mol. The van der Waals surface area contributed by atoms with Gasteiger partial charge in [0.05, 0.1) is 5.92 Å². The predicted octanol–water partition coefficient (Wildman–Crippen LogP) is 1.85. The van der Waals surface area contributed by atoms with Gasteiger partial charge in [-0.2, -0.15) is 0 Å². The van der Waals surface area contributed by atoms with Crippen LogP contribution in [0.15, 0.2) is 0 Å². The van der Waals surface area contributed by atoms with E-state index in [1.807, 2.05) is 0 Å². The highest BCUT2D eigenvalue weighted by atomic mass is 19.1. The molecule has 0 aliphatic rings. The van der Waals surface area contributed by atoms with E-state index >= 15 is 0 Å². The minimum atomic E-state index is -1.38. The van der Waals surface area contributed by atoms with E-state index in [9.17, 15) is 9.18 Å². The first-order chi connectivity index (χ1) is 4.33. The van der Waals surface area contributed by atoms with Gasteiger partial charge in [-0.25, -0.2) is 4.39 Å². The van der Waals surface area contributed by atoms with E-state index in [1.165, 1.54) is 20.8 Å². The average Bonchev–Trinajstić information content (AvgIpc) is 1.60. The van der Waals surface area contributed by atoms with E-state index in [0.29, 0.717) is 0 Å². The molecule has 0 saturated carbocycles. The molecule has 0 aromatic carbocycles. The predicted molar refractivity (Wildman–Crippen MR) is 36.6 cm³/mol. The zero-order chi connectivity index (χ0) is 8.36. The van der Waals surface area contributed by atoms with Crippen LogP contribution in [0.25, 0.3) is 0 Å². The summed E-state index contributed by atoms with van der Waals surface area (Å²) in [5.74, 6) is -1.54. The summed E-state index contributed by atoms with van der Waals surface area (Å²) in [6.07, 6.45) is 0.0718. The molecule has 1 unspecified atom stereocenters. The molecule has 0 amide bonds. The Labute approximate surface area is 60.1 Å². The molecular weight excluding hydrogens is 135 g/mol. The van der Waals surface area contributed by atoms with Crippen LogP contribution < -0.4 is 0 Å². The number of carboxylic acids is 1. The smallest absolute Gasteiger partial charge is 0.306 e. The third-order valence-electron chi connectivity index (χ3n) is 1.21. The lowest BCUT2D eigenvalue weighted by Gasteiger charge is -2.15. The Kier molecular flexibility index (Phi) is 2.81. The van der Waals surface area contributed by atoms with E-state index in [2.05, 4.69) is 0 Å². The van der Waals surface area contributed by atoms with Crippen molar-refractivity contribution in [3.8, 4) is 0 Å². The Bertz CT molecular complexity index is 126. The van der Waals surface area contributed by atoms with E-state index in [4.69, 9.17) is 5.11 Å². The van der Waals surface area contributed by atoms with Gasteiger partial charge in [-0.05, 0) is 20.3 Å². The Balaban J connectivity index is 3.80. The Morgan fingerprint density at radius 3 is 2.20 bits per heavy atom. The second kappa shape index (κ2) is 2.99. The van der Waals surface area contributed by atoms with Crippen molar-refractivity contribution >= 4 is 5.97 Å².